The first-order valence-corrected chi connectivity index (χ1v) is 8.63. The van der Waals surface area contributed by atoms with Crippen molar-refractivity contribution in [2.45, 2.75) is 12.5 Å². The number of aromatic nitrogens is 2. The first-order valence-electron chi connectivity index (χ1n) is 8.63. The van der Waals surface area contributed by atoms with Gasteiger partial charge in [0.25, 0.3) is 0 Å². The largest absolute Gasteiger partial charge is 0.354 e. The predicted molar refractivity (Wildman–Crippen MR) is 99.3 cm³/mol. The summed E-state index contributed by atoms with van der Waals surface area (Å²) in [6, 6.07) is 15.1. The van der Waals surface area contributed by atoms with Gasteiger partial charge in [-0.1, -0.05) is 53.7 Å². The molecule has 0 bridgehead atoms. The normalized spacial score (nSPS) is 12.1. The van der Waals surface area contributed by atoms with Gasteiger partial charge < -0.3 is 9.84 Å². The number of carbonyl (C=O) groups excluding carboxylic acids is 1. The molecule has 27 heavy (non-hydrogen) atoms. The summed E-state index contributed by atoms with van der Waals surface area (Å²) in [4.78, 5) is 18.6. The predicted octanol–water partition coefficient (Wildman–Crippen LogP) is 2.84. The highest BCUT2D eigenvalue weighted by Crippen LogP contribution is 2.21. The molecule has 1 N–H and O–H groups in total. The Bertz CT molecular complexity index is 896. The lowest BCUT2D eigenvalue weighted by molar-refractivity contribution is -0.125. The van der Waals surface area contributed by atoms with Crippen molar-refractivity contribution in [2.24, 2.45) is 0 Å². The molecule has 0 spiro atoms. The molecule has 0 saturated heterocycles. The third-order valence-corrected chi connectivity index (χ3v) is 4.10. The van der Waals surface area contributed by atoms with Crippen molar-refractivity contribution < 1.29 is 13.7 Å². The lowest BCUT2D eigenvalue weighted by atomic mass is 10.0. The number of likely N-dealkylation sites (N-methyl/N-ethyl adjacent to an activating group) is 1. The molecule has 0 unspecified atom stereocenters. The highest BCUT2D eigenvalue weighted by molar-refractivity contribution is 5.83. The van der Waals surface area contributed by atoms with Gasteiger partial charge in [-0.3, -0.25) is 9.69 Å². The van der Waals surface area contributed by atoms with Crippen LogP contribution in [0, 0.1) is 5.82 Å². The van der Waals surface area contributed by atoms with E-state index in [-0.39, 0.29) is 5.91 Å². The molecule has 0 saturated carbocycles. The SMILES string of the molecule is CN(C)[C@@H](C(=O)NCCc1nc(-c2ccccc2)no1)c1ccccc1F. The molecule has 0 radical (unpaired) electrons. The molecule has 0 aliphatic heterocycles. The molecule has 7 heteroatoms. The standard InChI is InChI=1S/C20H21FN4O2/c1-25(2)18(15-10-6-7-11-16(15)21)20(26)22-13-12-17-23-19(24-27-17)14-8-4-3-5-9-14/h3-11,18H,12-13H2,1-2H3,(H,22,26)/t18-/m1/s1. The van der Waals surface area contributed by atoms with Crippen molar-refractivity contribution in [3.8, 4) is 11.4 Å². The molecular weight excluding hydrogens is 347 g/mol. The Morgan fingerprint density at radius 1 is 1.15 bits per heavy atom. The number of hydrogen-bond donors (Lipinski definition) is 1. The van der Waals surface area contributed by atoms with Crippen LogP contribution in [0.15, 0.2) is 59.1 Å². The summed E-state index contributed by atoms with van der Waals surface area (Å²) in [7, 11) is 3.47. The second-order valence-electron chi connectivity index (χ2n) is 6.31. The molecule has 2 aromatic carbocycles. The van der Waals surface area contributed by atoms with Gasteiger partial charge >= 0.3 is 0 Å². The van der Waals surface area contributed by atoms with Crippen molar-refractivity contribution in [3.63, 3.8) is 0 Å². The van der Waals surface area contributed by atoms with E-state index >= 15 is 0 Å². The summed E-state index contributed by atoms with van der Waals surface area (Å²) in [6.07, 6.45) is 0.392. The minimum atomic E-state index is -0.714. The maximum atomic E-state index is 14.1. The maximum absolute atomic E-state index is 14.1. The van der Waals surface area contributed by atoms with E-state index in [0.717, 1.165) is 5.56 Å². The van der Waals surface area contributed by atoms with Crippen molar-refractivity contribution >= 4 is 5.91 Å². The smallest absolute Gasteiger partial charge is 0.242 e. The number of halogens is 1. The van der Waals surface area contributed by atoms with E-state index < -0.39 is 11.9 Å². The average Bonchev–Trinajstić information content (AvgIpc) is 3.13. The van der Waals surface area contributed by atoms with Crippen LogP contribution in [0.3, 0.4) is 0 Å². The van der Waals surface area contributed by atoms with Crippen LogP contribution in [0.5, 0.6) is 0 Å². The molecule has 3 rings (SSSR count). The summed E-state index contributed by atoms with van der Waals surface area (Å²) >= 11 is 0. The molecule has 140 valence electrons. The van der Waals surface area contributed by atoms with E-state index in [2.05, 4.69) is 15.5 Å². The quantitative estimate of drug-likeness (QED) is 0.694. The lowest BCUT2D eigenvalue weighted by Crippen LogP contribution is -2.38. The van der Waals surface area contributed by atoms with Crippen LogP contribution < -0.4 is 5.32 Å². The fourth-order valence-corrected chi connectivity index (χ4v) is 2.80. The van der Waals surface area contributed by atoms with Crippen molar-refractivity contribution in [1.29, 1.82) is 0 Å². The Balaban J connectivity index is 1.60. The van der Waals surface area contributed by atoms with Gasteiger partial charge in [0, 0.05) is 24.1 Å². The van der Waals surface area contributed by atoms with Gasteiger partial charge in [-0.15, -0.1) is 0 Å². The van der Waals surface area contributed by atoms with Crippen LogP contribution in [0.1, 0.15) is 17.5 Å². The Morgan fingerprint density at radius 3 is 2.56 bits per heavy atom. The first kappa shape index (κ1) is 18.7. The second kappa shape index (κ2) is 8.55. The minimum Gasteiger partial charge on any atom is -0.354 e. The molecule has 1 atom stereocenters. The molecule has 0 fully saturated rings. The second-order valence-corrected chi connectivity index (χ2v) is 6.31. The fourth-order valence-electron chi connectivity index (χ4n) is 2.80. The van der Waals surface area contributed by atoms with E-state index in [1.807, 2.05) is 30.3 Å². The van der Waals surface area contributed by atoms with Crippen LogP contribution in [0.4, 0.5) is 4.39 Å². The number of rotatable bonds is 7. The van der Waals surface area contributed by atoms with Crippen molar-refractivity contribution in [3.05, 3.63) is 71.9 Å². The summed E-state index contributed by atoms with van der Waals surface area (Å²) < 4.78 is 19.3. The third-order valence-electron chi connectivity index (χ3n) is 4.10. The zero-order valence-electron chi connectivity index (χ0n) is 15.2. The van der Waals surface area contributed by atoms with Crippen LogP contribution in [0.2, 0.25) is 0 Å². The Labute approximate surface area is 157 Å². The lowest BCUT2D eigenvalue weighted by Gasteiger charge is -2.24. The van der Waals surface area contributed by atoms with Crippen LogP contribution >= 0.6 is 0 Å². The van der Waals surface area contributed by atoms with Gasteiger partial charge in [0.15, 0.2) is 0 Å². The first-order chi connectivity index (χ1) is 13.1. The number of amides is 1. The fraction of sp³-hybridized carbons (Fsp3) is 0.250. The van der Waals surface area contributed by atoms with Gasteiger partial charge in [0.05, 0.1) is 0 Å². The van der Waals surface area contributed by atoms with E-state index in [1.165, 1.54) is 6.07 Å². The number of benzene rings is 2. The number of hydrogen-bond acceptors (Lipinski definition) is 5. The van der Waals surface area contributed by atoms with Crippen molar-refractivity contribution in [2.75, 3.05) is 20.6 Å². The van der Waals surface area contributed by atoms with Crippen LogP contribution in [-0.4, -0.2) is 41.6 Å². The number of carbonyl (C=O) groups is 1. The molecular formula is C20H21FN4O2. The molecule has 1 amide bonds. The van der Waals surface area contributed by atoms with Crippen LogP contribution in [-0.2, 0) is 11.2 Å². The number of nitrogens with zero attached hydrogens (tertiary/aromatic N) is 3. The monoisotopic (exact) mass is 368 g/mol. The topological polar surface area (TPSA) is 71.3 Å². The molecule has 1 heterocycles. The van der Waals surface area contributed by atoms with Gasteiger partial charge in [-0.05, 0) is 20.2 Å². The number of nitrogens with one attached hydrogen (secondary N) is 1. The van der Waals surface area contributed by atoms with E-state index in [1.54, 1.807) is 37.2 Å². The Kier molecular flexibility index (Phi) is 5.93. The average molecular weight is 368 g/mol. The summed E-state index contributed by atoms with van der Waals surface area (Å²) in [5, 5.41) is 6.76. The van der Waals surface area contributed by atoms with Crippen LogP contribution in [0.25, 0.3) is 11.4 Å². The molecule has 0 aliphatic rings. The Morgan fingerprint density at radius 2 is 1.85 bits per heavy atom. The summed E-state index contributed by atoms with van der Waals surface area (Å²) in [5.41, 5.74) is 1.20. The molecule has 0 aliphatic carbocycles. The van der Waals surface area contributed by atoms with E-state index in [0.29, 0.717) is 30.2 Å². The Hall–Kier alpha value is -3.06. The minimum absolute atomic E-state index is 0.284. The zero-order chi connectivity index (χ0) is 19.2. The highest BCUT2D eigenvalue weighted by atomic mass is 19.1. The van der Waals surface area contributed by atoms with Crippen molar-refractivity contribution in [1.82, 2.24) is 20.4 Å². The van der Waals surface area contributed by atoms with Gasteiger partial charge in [-0.25, -0.2) is 4.39 Å². The van der Waals surface area contributed by atoms with Gasteiger partial charge in [0.1, 0.15) is 11.9 Å². The third kappa shape index (κ3) is 4.57. The van der Waals surface area contributed by atoms with E-state index in [4.69, 9.17) is 4.52 Å². The maximum Gasteiger partial charge on any atom is 0.242 e. The summed E-state index contributed by atoms with van der Waals surface area (Å²) in [5.74, 6) is 0.250. The van der Waals surface area contributed by atoms with Gasteiger partial charge in [0.2, 0.25) is 17.6 Å². The highest BCUT2D eigenvalue weighted by Gasteiger charge is 2.25. The zero-order valence-corrected chi connectivity index (χ0v) is 15.2. The van der Waals surface area contributed by atoms with E-state index in [9.17, 15) is 9.18 Å². The van der Waals surface area contributed by atoms with Gasteiger partial charge in [-0.2, -0.15) is 4.98 Å². The molecule has 3 aromatic rings. The summed E-state index contributed by atoms with van der Waals surface area (Å²) in [6.45, 7) is 0.314. The molecule has 1 aromatic heterocycles. The molecule has 6 nitrogen and oxygen atoms in total.